The molecule has 5 heteroatoms. The van der Waals surface area contributed by atoms with E-state index >= 15 is 0 Å². The Labute approximate surface area is 132 Å². The van der Waals surface area contributed by atoms with Gasteiger partial charge in [-0.2, -0.15) is 0 Å². The first-order chi connectivity index (χ1) is 10.5. The Bertz CT molecular complexity index is 758. The molecule has 0 fully saturated rings. The van der Waals surface area contributed by atoms with Crippen LogP contribution in [-0.2, 0) is 0 Å². The molecular weight excluding hydrogens is 305 g/mol. The Kier molecular flexibility index (Phi) is 3.71. The maximum Gasteiger partial charge on any atom is 0.258 e. The summed E-state index contributed by atoms with van der Waals surface area (Å²) in [6.45, 7) is 1.80. The average Bonchev–Trinajstić information content (AvgIpc) is 2.49. The number of amides is 1. The van der Waals surface area contributed by atoms with Crippen LogP contribution in [0.15, 0.2) is 42.5 Å². The monoisotopic (exact) mass is 317 g/mol. The first-order valence-electron chi connectivity index (χ1n) is 6.90. The smallest absolute Gasteiger partial charge is 0.258 e. The number of halogens is 2. The van der Waals surface area contributed by atoms with Gasteiger partial charge in [0.05, 0.1) is 10.7 Å². The number of fused-ring (bicyclic) bond motifs is 1. The predicted octanol–water partition coefficient (Wildman–Crippen LogP) is 4.10. The number of para-hydroxylation sites is 1. The van der Waals surface area contributed by atoms with Gasteiger partial charge in [0.15, 0.2) is 5.78 Å². The lowest BCUT2D eigenvalue weighted by atomic mass is 9.94. The molecule has 0 N–H and O–H groups in total. The molecule has 2 aromatic rings. The van der Waals surface area contributed by atoms with Crippen LogP contribution in [-0.4, -0.2) is 17.7 Å². The standard InChI is InChI=1S/C17H13ClFNO2/c1-10-9-15(21)13-3-2-4-14(18)16(13)20(10)17(22)11-5-7-12(19)8-6-11/h2-8,10H,9H2,1H3. The molecule has 0 bridgehead atoms. The van der Waals surface area contributed by atoms with Crippen LogP contribution in [0.4, 0.5) is 10.1 Å². The van der Waals surface area contributed by atoms with Gasteiger partial charge >= 0.3 is 0 Å². The summed E-state index contributed by atoms with van der Waals surface area (Å²) in [5.41, 5.74) is 1.23. The molecule has 1 aliphatic rings. The number of carbonyl (C=O) groups excluding carboxylic acids is 2. The molecule has 1 aliphatic heterocycles. The van der Waals surface area contributed by atoms with E-state index in [4.69, 9.17) is 11.6 Å². The largest absolute Gasteiger partial charge is 0.303 e. The first kappa shape index (κ1) is 14.7. The van der Waals surface area contributed by atoms with Gasteiger partial charge in [0.2, 0.25) is 0 Å². The number of hydrogen-bond acceptors (Lipinski definition) is 2. The topological polar surface area (TPSA) is 37.4 Å². The summed E-state index contributed by atoms with van der Waals surface area (Å²) >= 11 is 6.22. The molecule has 112 valence electrons. The van der Waals surface area contributed by atoms with E-state index in [-0.39, 0.29) is 24.2 Å². The van der Waals surface area contributed by atoms with Crippen molar-refractivity contribution < 1.29 is 14.0 Å². The van der Waals surface area contributed by atoms with Gasteiger partial charge in [0, 0.05) is 23.6 Å². The van der Waals surface area contributed by atoms with E-state index in [9.17, 15) is 14.0 Å². The minimum atomic E-state index is -0.406. The van der Waals surface area contributed by atoms with Crippen molar-refractivity contribution in [3.05, 3.63) is 64.4 Å². The summed E-state index contributed by atoms with van der Waals surface area (Å²) in [4.78, 5) is 26.4. The molecule has 3 rings (SSSR count). The predicted molar refractivity (Wildman–Crippen MR) is 83.1 cm³/mol. The van der Waals surface area contributed by atoms with Crippen molar-refractivity contribution in [2.24, 2.45) is 0 Å². The number of ketones is 1. The van der Waals surface area contributed by atoms with Gasteiger partial charge in [-0.3, -0.25) is 9.59 Å². The summed E-state index contributed by atoms with van der Waals surface area (Å²) in [6.07, 6.45) is 0.236. The first-order valence-corrected chi connectivity index (χ1v) is 7.27. The van der Waals surface area contributed by atoms with Crippen LogP contribution in [0, 0.1) is 5.82 Å². The fourth-order valence-electron chi connectivity index (χ4n) is 2.71. The van der Waals surface area contributed by atoms with Crippen molar-refractivity contribution in [3.8, 4) is 0 Å². The minimum absolute atomic E-state index is 0.0341. The lowest BCUT2D eigenvalue weighted by molar-refractivity contribution is 0.0936. The van der Waals surface area contributed by atoms with E-state index in [1.165, 1.54) is 29.2 Å². The lowest BCUT2D eigenvalue weighted by Crippen LogP contribution is -2.44. The zero-order valence-corrected chi connectivity index (χ0v) is 12.6. The van der Waals surface area contributed by atoms with Crippen molar-refractivity contribution in [2.45, 2.75) is 19.4 Å². The lowest BCUT2D eigenvalue weighted by Gasteiger charge is -2.35. The molecule has 0 saturated carbocycles. The molecule has 0 radical (unpaired) electrons. The van der Waals surface area contributed by atoms with Crippen molar-refractivity contribution in [1.82, 2.24) is 0 Å². The molecule has 0 aromatic heterocycles. The number of benzene rings is 2. The van der Waals surface area contributed by atoms with Crippen molar-refractivity contribution in [3.63, 3.8) is 0 Å². The number of Topliss-reactive ketones (excluding diaryl/α,β-unsaturated/α-hetero) is 1. The molecule has 3 nitrogen and oxygen atoms in total. The zero-order chi connectivity index (χ0) is 15.9. The summed E-state index contributed by atoms with van der Waals surface area (Å²) < 4.78 is 13.0. The Morgan fingerprint density at radius 3 is 2.59 bits per heavy atom. The molecular formula is C17H13ClFNO2. The molecule has 22 heavy (non-hydrogen) atoms. The summed E-state index contributed by atoms with van der Waals surface area (Å²) in [7, 11) is 0. The normalized spacial score (nSPS) is 17.3. The summed E-state index contributed by atoms with van der Waals surface area (Å²) in [5, 5.41) is 0.355. The van der Waals surface area contributed by atoms with Crippen molar-refractivity contribution >= 4 is 29.0 Å². The molecule has 0 spiro atoms. The van der Waals surface area contributed by atoms with Crippen LogP contribution in [0.1, 0.15) is 34.1 Å². The van der Waals surface area contributed by atoms with Crippen LogP contribution in [0.5, 0.6) is 0 Å². The van der Waals surface area contributed by atoms with E-state index in [0.717, 1.165) is 0 Å². The number of hydrogen-bond donors (Lipinski definition) is 0. The van der Waals surface area contributed by atoms with Gasteiger partial charge in [-0.25, -0.2) is 4.39 Å². The van der Waals surface area contributed by atoms with Crippen LogP contribution >= 0.6 is 11.6 Å². The quantitative estimate of drug-likeness (QED) is 0.794. The van der Waals surface area contributed by atoms with Crippen LogP contribution in [0.3, 0.4) is 0 Å². The van der Waals surface area contributed by atoms with Crippen LogP contribution < -0.4 is 4.90 Å². The molecule has 0 aliphatic carbocycles. The Balaban J connectivity index is 2.10. The number of anilines is 1. The fourth-order valence-corrected chi connectivity index (χ4v) is 2.97. The molecule has 0 saturated heterocycles. The second-order valence-electron chi connectivity index (χ2n) is 5.29. The van der Waals surface area contributed by atoms with E-state index < -0.39 is 5.82 Å². The van der Waals surface area contributed by atoms with E-state index in [2.05, 4.69) is 0 Å². The van der Waals surface area contributed by atoms with Gasteiger partial charge in [-0.1, -0.05) is 17.7 Å². The Morgan fingerprint density at radius 2 is 1.91 bits per heavy atom. The third-order valence-corrected chi connectivity index (χ3v) is 4.06. The van der Waals surface area contributed by atoms with Gasteiger partial charge in [0.25, 0.3) is 5.91 Å². The highest BCUT2D eigenvalue weighted by molar-refractivity contribution is 6.35. The highest BCUT2D eigenvalue weighted by atomic mass is 35.5. The zero-order valence-electron chi connectivity index (χ0n) is 11.8. The van der Waals surface area contributed by atoms with E-state index in [1.54, 1.807) is 25.1 Å². The van der Waals surface area contributed by atoms with E-state index in [0.29, 0.717) is 21.8 Å². The fraction of sp³-hybridized carbons (Fsp3) is 0.176. The number of nitrogens with zero attached hydrogens (tertiary/aromatic N) is 1. The van der Waals surface area contributed by atoms with Crippen molar-refractivity contribution in [1.29, 1.82) is 0 Å². The van der Waals surface area contributed by atoms with Gasteiger partial charge in [-0.05, 0) is 43.3 Å². The molecule has 1 heterocycles. The highest BCUT2D eigenvalue weighted by Gasteiger charge is 2.34. The van der Waals surface area contributed by atoms with Gasteiger partial charge in [0.1, 0.15) is 5.82 Å². The summed E-state index contributed by atoms with van der Waals surface area (Å²) in [5.74, 6) is -0.737. The number of rotatable bonds is 1. The maximum atomic E-state index is 13.0. The number of carbonyl (C=O) groups is 2. The van der Waals surface area contributed by atoms with Crippen LogP contribution in [0.2, 0.25) is 5.02 Å². The molecule has 2 aromatic carbocycles. The second kappa shape index (κ2) is 5.54. The second-order valence-corrected chi connectivity index (χ2v) is 5.70. The van der Waals surface area contributed by atoms with Crippen molar-refractivity contribution in [2.75, 3.05) is 4.90 Å². The van der Waals surface area contributed by atoms with Crippen LogP contribution in [0.25, 0.3) is 0 Å². The molecule has 1 atom stereocenters. The molecule has 1 unspecified atom stereocenters. The Morgan fingerprint density at radius 1 is 1.23 bits per heavy atom. The maximum absolute atomic E-state index is 13.0. The van der Waals surface area contributed by atoms with Gasteiger partial charge < -0.3 is 4.90 Å². The summed E-state index contributed by atoms with van der Waals surface area (Å²) in [6, 6.07) is 10.0. The highest BCUT2D eigenvalue weighted by Crippen LogP contribution is 2.37. The third-order valence-electron chi connectivity index (χ3n) is 3.76. The Hall–Kier alpha value is -2.20. The SMILES string of the molecule is CC1CC(=O)c2cccc(Cl)c2N1C(=O)c1ccc(F)cc1. The molecule has 1 amide bonds. The average molecular weight is 318 g/mol. The van der Waals surface area contributed by atoms with Gasteiger partial charge in [-0.15, -0.1) is 0 Å². The third kappa shape index (κ3) is 2.40. The minimum Gasteiger partial charge on any atom is -0.303 e. The van der Waals surface area contributed by atoms with E-state index in [1.807, 2.05) is 0 Å².